The number of carbonyl (C=O) groups excluding carboxylic acids is 13. The molecule has 15 rings (SSSR count). The standard InChI is InChI=1S/C50H52N6O11.C40H41N5O8.CH4.I18/c1-2-50(66)38-23-40-46-36(27-56(40)48(64)37(38)28-67-49(50)65)35-13-9-12-34-30(15-16-39(54-46)45(34)35)21-32(57)25-53-47(63)31(20-29-10-5-3-6-11-29)22-33(58)24-51-42(60)26-52-41(59)14-7-4-8-19-55-43(61)17-18-44(55)62;1-2-40(52)31-16-33-36-29(20-45(33)38(50)30(31)21-53-39(40)51)28-10-6-9-27-23(11-12-32(44-36)35(27)28)14-25(46)19-43-37(49)24(13-22-7-4-3-5-8-22)15-26(47)18-42-34(48)17-41;;1-11(2)13(5)15(7)17(9)18(10)16(8)14(6)12(3)4/h3,5-6,10-11,15-18,23,31,66H,2,4,7-9,12-14,19-22,24-28H2,1H3,(H,51,60)(H,52,59)(H,53,63);3-5,7-8,11-12,16,24,52H,2,6,9-10,13-15,17-21,41H2,1H3,(H,42,48)(H,43,49);1H4;/t31-,50+;24-,40+;;/m11../s1. The Morgan fingerprint density at radius 1 is 0.460 bits per heavy atom. The fourth-order valence-corrected chi connectivity index (χ4v) is 2530. The van der Waals surface area contributed by atoms with Gasteiger partial charge < -0.3 is 61.1 Å². The van der Waals surface area contributed by atoms with Crippen LogP contribution >= 0.6 is 249 Å². The molecule has 4 aromatic carbocycles. The second-order valence-electron chi connectivity index (χ2n) is 32.9. The number of ketones is 4. The van der Waals surface area contributed by atoms with Gasteiger partial charge in [-0.25, -0.2) is 19.6 Å². The third kappa shape index (κ3) is 28.9. The molecule has 0 saturated heterocycles. The number of halogens is 18. The first-order valence-electron chi connectivity index (χ1n) is 43.2. The van der Waals surface area contributed by atoms with Crippen LogP contribution in [0.1, 0.15) is 163 Å². The van der Waals surface area contributed by atoms with Crippen molar-refractivity contribution in [2.45, 2.75) is 174 Å². The molecule has 9 N–H and O–H groups in total. The molecule has 30 nitrogen and oxygen atoms in total. The number of rotatable bonds is 40. The number of benzene rings is 4. The second kappa shape index (κ2) is 54.8. The van der Waals surface area contributed by atoms with Crippen molar-refractivity contribution in [2.75, 3.05) is 45.8 Å². The number of nitrogens with two attached hydrogens (primary N) is 1. The molecule has 4 aromatic heterocycles. The average molecular weight is 3930 g/mol. The number of imide groups is 1. The molecule has 0 bridgehead atoms. The zero-order chi connectivity index (χ0) is 99.5. The fourth-order valence-electron chi connectivity index (χ4n) is 17.7. The van der Waals surface area contributed by atoms with Crippen molar-refractivity contribution < 1.29 is 82.0 Å². The van der Waals surface area contributed by atoms with Gasteiger partial charge >= 0.3 is 261 Å². The number of unbranched alkanes of at least 4 members (excludes halogenated alkanes) is 2. The minimum absolute atomic E-state index is 0. The van der Waals surface area contributed by atoms with Crippen LogP contribution in [0.2, 0.25) is 0 Å². The Morgan fingerprint density at radius 2 is 0.849 bits per heavy atom. The number of nitrogens with zero attached hydrogens (tertiary/aromatic N) is 5. The molecule has 4 atom stereocenters. The van der Waals surface area contributed by atoms with E-state index in [-0.39, 0.29) is 247 Å². The Balaban J connectivity index is 0.000000214. The summed E-state index contributed by atoms with van der Waals surface area (Å²) in [5.41, 5.74) is 15.0. The summed E-state index contributed by atoms with van der Waals surface area (Å²) in [5, 5.41) is 37.4. The summed E-state index contributed by atoms with van der Waals surface area (Å²) in [6.07, 6.45) is 9.26. The maximum atomic E-state index is 13.8. The second-order valence-corrected chi connectivity index (χ2v) is 423. The summed E-state index contributed by atoms with van der Waals surface area (Å²) >= 11 is 30.0. The topological polar surface area (TPSA) is 440 Å². The molecule has 139 heavy (non-hydrogen) atoms. The number of carbonyl (C=O) groups is 13. The SMILES string of the molecule is C.CC[C@@]1(O)C(=O)OCc2c1cc1n(c2=O)Cc2c-1nc1ccc(CC(=O)CNC(=O)[C@@H](CC(=O)CNC(=O)CN)Cc3ccccc3)c3c1c2CCC3.CC[C@@]1(O)C(=O)OCc2c1cc1n(c2=O)Cc2c-1nc1ccc(CC(=O)CNC(=O)[C@@H](CC(=O)CNC(=O)CNC(=O)CCCCCN3C(=O)C=CC3=O)Cc3ccccc3)c3c1c2CCC3.II(I)I(I)I(I)I(I)I(I)I(I)I(I)I(I)I. The molecule has 5 aliphatic heterocycles. The summed E-state index contributed by atoms with van der Waals surface area (Å²) in [7, 11) is -3.13. The van der Waals surface area contributed by atoms with Gasteiger partial charge in [-0.1, -0.05) is 100 Å². The van der Waals surface area contributed by atoms with E-state index in [0.717, 1.165) is 109 Å². The van der Waals surface area contributed by atoms with E-state index >= 15 is 0 Å². The number of nitrogens with one attached hydrogen (secondary N) is 5. The van der Waals surface area contributed by atoms with Gasteiger partial charge in [0.2, 0.25) is 29.5 Å². The van der Waals surface area contributed by atoms with E-state index in [1.54, 1.807) is 35.1 Å². The summed E-state index contributed by atoms with van der Waals surface area (Å²) in [6, 6.07) is 29.3. The number of cyclic esters (lactones) is 2. The fraction of sp³-hybridized carbons (Fsp3) is 0.396. The normalized spacial score (nSPS) is 17.1. The van der Waals surface area contributed by atoms with E-state index in [9.17, 15) is 82.1 Å². The van der Waals surface area contributed by atoms with Gasteiger partial charge in [-0.15, -0.1) is 0 Å². The molecule has 0 spiro atoms. The maximum absolute atomic E-state index is 13.8. The molecule has 48 heteroatoms. The van der Waals surface area contributed by atoms with Crippen LogP contribution in [0.15, 0.2) is 119 Å². The third-order valence-electron chi connectivity index (χ3n) is 24.4. The van der Waals surface area contributed by atoms with Gasteiger partial charge in [-0.05, 0) is 146 Å². The molecule has 0 saturated carbocycles. The number of hydrogen-bond donors (Lipinski definition) is 8. The number of hydrogen-bond acceptors (Lipinski definition) is 22. The van der Waals surface area contributed by atoms with Crippen molar-refractivity contribution >= 4 is 348 Å². The number of Topliss-reactive ketones (excluding diaryl/α,β-unsaturated/α-hetero) is 4. The summed E-state index contributed by atoms with van der Waals surface area (Å²) in [4.78, 5) is 203. The van der Waals surface area contributed by atoms with Crippen molar-refractivity contribution in [1.29, 1.82) is 0 Å². The Bertz CT molecular complexity index is 6260. The Labute approximate surface area is 930 Å². The zero-order valence-electron chi connectivity index (χ0n) is 73.5. The van der Waals surface area contributed by atoms with Crippen molar-refractivity contribution in [3.63, 3.8) is 0 Å². The summed E-state index contributed by atoms with van der Waals surface area (Å²) < 4.78 is 13.7. The van der Waals surface area contributed by atoms with Crippen molar-refractivity contribution in [3.8, 4) is 22.8 Å². The van der Waals surface area contributed by atoms with Crippen LogP contribution in [0.25, 0.3) is 44.6 Å². The summed E-state index contributed by atoms with van der Waals surface area (Å²) in [6.45, 7) is 2.10. The zero-order valence-corrected chi connectivity index (χ0v) is 112. The molecule has 2 aliphatic carbocycles. The van der Waals surface area contributed by atoms with Crippen molar-refractivity contribution in [3.05, 3.63) is 208 Å². The molecule has 756 valence electrons. The van der Waals surface area contributed by atoms with Gasteiger partial charge in [0.05, 0.1) is 97.3 Å². The van der Waals surface area contributed by atoms with E-state index in [1.807, 2.05) is 84.9 Å². The van der Waals surface area contributed by atoms with Gasteiger partial charge in [0.25, 0.3) is 22.9 Å². The Hall–Kier alpha value is 0.470. The van der Waals surface area contributed by atoms with Gasteiger partial charge in [0.15, 0.2) is 34.3 Å². The van der Waals surface area contributed by atoms with E-state index in [2.05, 4.69) is 213 Å². The van der Waals surface area contributed by atoms with Crippen LogP contribution in [0.3, 0.4) is 0 Å². The number of aryl methyl sites for hydroxylation is 4. The van der Waals surface area contributed by atoms with E-state index < -0.39 is 80.2 Å². The predicted molar refractivity (Wildman–Crippen MR) is 695 cm³/mol. The quantitative estimate of drug-likeness (QED) is 0.00765. The number of ether oxygens (including phenoxy) is 2. The van der Waals surface area contributed by atoms with Crippen LogP contribution in [-0.4, -0.2) is 156 Å². The number of esters is 2. The van der Waals surface area contributed by atoms with Gasteiger partial charge in [-0.3, -0.25) is 67.2 Å². The van der Waals surface area contributed by atoms with Gasteiger partial charge in [0, 0.05) is 95.7 Å². The average Bonchev–Trinajstić information content (AvgIpc) is 1.57. The Morgan fingerprint density at radius 3 is 1.25 bits per heavy atom. The van der Waals surface area contributed by atoms with Crippen molar-refractivity contribution in [1.82, 2.24) is 50.6 Å². The molecule has 8 aromatic rings. The number of aliphatic hydroxyl groups is 2. The van der Waals surface area contributed by atoms with Gasteiger partial charge in [-0.2, -0.15) is 0 Å². The molecule has 0 radical (unpaired) electrons. The molecular formula is C91H97I18N11O19. The molecule has 0 fully saturated rings. The number of aromatic nitrogens is 4. The van der Waals surface area contributed by atoms with Crippen LogP contribution < -0.4 is 43.4 Å². The number of pyridine rings is 4. The third-order valence-corrected chi connectivity index (χ3v) is 1180. The van der Waals surface area contributed by atoms with Gasteiger partial charge in [0.1, 0.15) is 13.2 Å². The molecule has 7 aliphatic rings. The van der Waals surface area contributed by atoms with Crippen LogP contribution in [0, 0.1) is 11.8 Å². The predicted octanol–water partition coefficient (Wildman–Crippen LogP) is 20.6. The molecule has 7 amide bonds. The number of amides is 7. The first-order chi connectivity index (χ1) is 65.9. The molecule has 0 unspecified atom stereocenters. The minimum atomic E-state index is -1.93. The summed E-state index contributed by atoms with van der Waals surface area (Å²) in [5.74, 6) is -7.28. The van der Waals surface area contributed by atoms with Crippen LogP contribution in [-0.2, 0) is 161 Å². The van der Waals surface area contributed by atoms with E-state index in [4.69, 9.17) is 25.2 Å². The molecular weight excluding hydrogens is 3840 g/mol. The Kier molecular flexibility index (Phi) is 46.6. The van der Waals surface area contributed by atoms with Crippen molar-refractivity contribution in [2.24, 2.45) is 17.6 Å². The van der Waals surface area contributed by atoms with E-state index in [0.29, 0.717) is 60.5 Å². The first-order valence-corrected chi connectivity index (χ1v) is 150. The van der Waals surface area contributed by atoms with Crippen LogP contribution in [0.5, 0.6) is 0 Å². The molecule has 9 heterocycles. The van der Waals surface area contributed by atoms with Crippen LogP contribution in [0.4, 0.5) is 0 Å². The monoisotopic (exact) mass is 3930 g/mol. The van der Waals surface area contributed by atoms with E-state index in [1.165, 1.54) is 12.2 Å². The first kappa shape index (κ1) is 118. The number of fused-ring (bicyclic) bond motifs is 10.